The average Bonchev–Trinajstić information content (AvgIpc) is 3.46. The lowest BCUT2D eigenvalue weighted by Gasteiger charge is -2.39. The van der Waals surface area contributed by atoms with Gasteiger partial charge in [-0.1, -0.05) is 6.07 Å². The summed E-state index contributed by atoms with van der Waals surface area (Å²) >= 11 is 0. The average molecular weight is 418 g/mol. The number of likely N-dealkylation sites (tertiary alicyclic amines) is 1. The molecule has 1 atom stereocenters. The number of carbonyl (C=O) groups excluding carboxylic acids is 2. The van der Waals surface area contributed by atoms with E-state index < -0.39 is 44.2 Å². The van der Waals surface area contributed by atoms with E-state index in [1.165, 1.54) is 11.0 Å². The lowest BCUT2D eigenvalue weighted by molar-refractivity contribution is -0.137. The van der Waals surface area contributed by atoms with Gasteiger partial charge in [-0.2, -0.15) is 13.2 Å². The van der Waals surface area contributed by atoms with Gasteiger partial charge in [-0.05, 0) is 50.8 Å². The summed E-state index contributed by atoms with van der Waals surface area (Å²) in [5, 5.41) is -0.550. The van der Waals surface area contributed by atoms with Gasteiger partial charge in [-0.15, -0.1) is 0 Å². The van der Waals surface area contributed by atoms with Crippen LogP contribution in [0, 0.1) is 5.41 Å². The number of nitrogens with zero attached hydrogens (tertiary/aromatic N) is 1. The molecule has 10 heteroatoms. The highest BCUT2D eigenvalue weighted by Crippen LogP contribution is 2.34. The maximum Gasteiger partial charge on any atom is 0.416 e. The summed E-state index contributed by atoms with van der Waals surface area (Å²) in [5.41, 5.74) is -2.17. The quantitative estimate of drug-likeness (QED) is 0.815. The monoisotopic (exact) mass is 418 g/mol. The number of rotatable bonds is 4. The molecule has 0 bridgehead atoms. The zero-order valence-corrected chi connectivity index (χ0v) is 16.1. The van der Waals surface area contributed by atoms with Crippen molar-refractivity contribution in [3.05, 3.63) is 35.4 Å². The smallest absolute Gasteiger partial charge is 0.338 e. The van der Waals surface area contributed by atoms with Gasteiger partial charge < -0.3 is 4.90 Å². The molecule has 0 radical (unpaired) electrons. The second-order valence-corrected chi connectivity index (χ2v) is 9.61. The molecule has 1 aromatic carbocycles. The van der Waals surface area contributed by atoms with Crippen LogP contribution in [0.5, 0.6) is 0 Å². The molecule has 1 aliphatic carbocycles. The summed E-state index contributed by atoms with van der Waals surface area (Å²) in [6.45, 7) is 1.79. The number of hydrogen-bond donors (Lipinski definition) is 1. The first-order chi connectivity index (χ1) is 12.9. The van der Waals surface area contributed by atoms with Gasteiger partial charge in [0, 0.05) is 18.7 Å². The molecule has 1 aliphatic heterocycles. The number of sulfonamides is 1. The summed E-state index contributed by atoms with van der Waals surface area (Å²) in [5.74, 6) is -1.30. The number of halogens is 3. The molecule has 154 valence electrons. The van der Waals surface area contributed by atoms with Gasteiger partial charge in [0.1, 0.15) is 0 Å². The number of carbonyl (C=O) groups is 2. The highest BCUT2D eigenvalue weighted by Gasteiger charge is 2.44. The van der Waals surface area contributed by atoms with E-state index in [-0.39, 0.29) is 18.7 Å². The molecule has 1 aromatic rings. The second kappa shape index (κ2) is 7.06. The molecule has 28 heavy (non-hydrogen) atoms. The minimum absolute atomic E-state index is 0.0614. The molecule has 2 aliphatic rings. The Balaban J connectivity index is 1.75. The summed E-state index contributed by atoms with van der Waals surface area (Å²) in [6.07, 6.45) is -2.72. The van der Waals surface area contributed by atoms with Crippen LogP contribution in [0.25, 0.3) is 0 Å². The van der Waals surface area contributed by atoms with E-state index in [1.807, 2.05) is 0 Å². The van der Waals surface area contributed by atoms with E-state index >= 15 is 0 Å². The van der Waals surface area contributed by atoms with Crippen LogP contribution in [0.3, 0.4) is 0 Å². The molecule has 1 unspecified atom stereocenters. The van der Waals surface area contributed by atoms with E-state index in [0.717, 1.165) is 18.2 Å². The third kappa shape index (κ3) is 4.31. The third-order valence-corrected chi connectivity index (χ3v) is 6.99. The number of piperidine rings is 1. The van der Waals surface area contributed by atoms with E-state index in [1.54, 1.807) is 6.92 Å². The SMILES string of the molecule is CC1(C(=O)NS(=O)(=O)C2CC2)CCCN(C(=O)c2cccc(C(F)(F)F)c2)C1. The van der Waals surface area contributed by atoms with Gasteiger partial charge in [-0.25, -0.2) is 8.42 Å². The Morgan fingerprint density at radius 2 is 1.93 bits per heavy atom. The van der Waals surface area contributed by atoms with Crippen molar-refractivity contribution in [1.82, 2.24) is 9.62 Å². The Bertz CT molecular complexity index is 896. The molecule has 3 rings (SSSR count). The van der Waals surface area contributed by atoms with E-state index in [2.05, 4.69) is 4.72 Å². The van der Waals surface area contributed by atoms with Crippen molar-refractivity contribution in [3.63, 3.8) is 0 Å². The Hall–Kier alpha value is -2.10. The van der Waals surface area contributed by atoms with Crippen molar-refractivity contribution in [1.29, 1.82) is 0 Å². The lowest BCUT2D eigenvalue weighted by atomic mass is 9.81. The Morgan fingerprint density at radius 1 is 1.25 bits per heavy atom. The zero-order valence-electron chi connectivity index (χ0n) is 15.3. The second-order valence-electron chi connectivity index (χ2n) is 7.65. The fraction of sp³-hybridized carbons (Fsp3) is 0.556. The van der Waals surface area contributed by atoms with Gasteiger partial charge in [-0.3, -0.25) is 14.3 Å². The molecule has 0 aromatic heterocycles. The minimum Gasteiger partial charge on any atom is -0.338 e. The summed E-state index contributed by atoms with van der Waals surface area (Å²) < 4.78 is 64.9. The fourth-order valence-electron chi connectivity index (χ4n) is 3.32. The summed E-state index contributed by atoms with van der Waals surface area (Å²) in [4.78, 5) is 26.6. The van der Waals surface area contributed by atoms with Crippen LogP contribution in [0.15, 0.2) is 24.3 Å². The minimum atomic E-state index is -4.57. The maximum absolute atomic E-state index is 12.9. The number of amides is 2. The highest BCUT2D eigenvalue weighted by molar-refractivity contribution is 7.90. The first-order valence-electron chi connectivity index (χ1n) is 8.95. The van der Waals surface area contributed by atoms with Gasteiger partial charge in [0.2, 0.25) is 15.9 Å². The van der Waals surface area contributed by atoms with E-state index in [9.17, 15) is 31.2 Å². The van der Waals surface area contributed by atoms with Crippen molar-refractivity contribution in [2.75, 3.05) is 13.1 Å². The summed E-state index contributed by atoms with van der Waals surface area (Å²) in [7, 11) is -3.71. The van der Waals surface area contributed by atoms with Crippen LogP contribution in [-0.2, 0) is 21.0 Å². The van der Waals surface area contributed by atoms with Crippen molar-refractivity contribution in [2.45, 2.75) is 44.0 Å². The first kappa shape index (κ1) is 20.6. The van der Waals surface area contributed by atoms with Crippen LogP contribution in [0.4, 0.5) is 13.2 Å². The molecular weight excluding hydrogens is 397 g/mol. The zero-order chi connectivity index (χ0) is 20.7. The molecule has 0 spiro atoms. The van der Waals surface area contributed by atoms with Crippen LogP contribution >= 0.6 is 0 Å². The molecule has 1 N–H and O–H groups in total. The fourth-order valence-corrected chi connectivity index (χ4v) is 4.75. The van der Waals surface area contributed by atoms with E-state index in [4.69, 9.17) is 0 Å². The Morgan fingerprint density at radius 3 is 2.54 bits per heavy atom. The molecule has 2 amide bonds. The topological polar surface area (TPSA) is 83.6 Å². The van der Waals surface area contributed by atoms with Crippen molar-refractivity contribution in [2.24, 2.45) is 5.41 Å². The van der Waals surface area contributed by atoms with Crippen molar-refractivity contribution >= 4 is 21.8 Å². The Labute approximate surface area is 161 Å². The van der Waals surface area contributed by atoms with Crippen molar-refractivity contribution < 1.29 is 31.2 Å². The van der Waals surface area contributed by atoms with Crippen molar-refractivity contribution in [3.8, 4) is 0 Å². The van der Waals surface area contributed by atoms with Gasteiger partial charge >= 0.3 is 6.18 Å². The number of hydrogen-bond acceptors (Lipinski definition) is 4. The molecule has 1 saturated carbocycles. The Kier molecular flexibility index (Phi) is 5.20. The van der Waals surface area contributed by atoms with Crippen LogP contribution in [0.2, 0.25) is 0 Å². The standard InChI is InChI=1S/C18H21F3N2O4S/c1-17(16(25)22-28(26,27)14-6-7-14)8-3-9-23(11-17)15(24)12-4-2-5-13(10-12)18(19,20)21/h2,4-5,10,14H,3,6-9,11H2,1H3,(H,22,25). The molecule has 2 fully saturated rings. The lowest BCUT2D eigenvalue weighted by Crippen LogP contribution is -2.53. The van der Waals surface area contributed by atoms with Gasteiger partial charge in [0.15, 0.2) is 0 Å². The van der Waals surface area contributed by atoms with Gasteiger partial charge in [0.05, 0.1) is 16.2 Å². The van der Waals surface area contributed by atoms with Crippen LogP contribution in [-0.4, -0.2) is 43.5 Å². The molecule has 1 heterocycles. The van der Waals surface area contributed by atoms with Gasteiger partial charge in [0.25, 0.3) is 5.91 Å². The predicted octanol–water partition coefficient (Wildman–Crippen LogP) is 2.56. The molecule has 1 saturated heterocycles. The normalized spacial score (nSPS) is 23.4. The van der Waals surface area contributed by atoms with Crippen LogP contribution < -0.4 is 4.72 Å². The van der Waals surface area contributed by atoms with E-state index in [0.29, 0.717) is 25.7 Å². The molecular formula is C18H21F3N2O4S. The maximum atomic E-state index is 12.9. The number of benzene rings is 1. The number of alkyl halides is 3. The number of nitrogens with one attached hydrogen (secondary N) is 1. The third-order valence-electron chi connectivity index (χ3n) is 5.17. The predicted molar refractivity (Wildman–Crippen MR) is 94.8 cm³/mol. The largest absolute Gasteiger partial charge is 0.416 e. The molecule has 6 nitrogen and oxygen atoms in total. The first-order valence-corrected chi connectivity index (χ1v) is 10.5. The van der Waals surface area contributed by atoms with Crippen LogP contribution in [0.1, 0.15) is 48.5 Å². The highest BCUT2D eigenvalue weighted by atomic mass is 32.2. The summed E-state index contributed by atoms with van der Waals surface area (Å²) in [6, 6.07) is 4.12.